The van der Waals surface area contributed by atoms with E-state index in [1.165, 1.54) is 11.6 Å². The van der Waals surface area contributed by atoms with Crippen molar-refractivity contribution in [2.75, 3.05) is 13.1 Å². The third-order valence-corrected chi connectivity index (χ3v) is 5.06. The quantitative estimate of drug-likeness (QED) is 0.831. The van der Waals surface area contributed by atoms with Crippen molar-refractivity contribution in [3.8, 4) is 0 Å². The summed E-state index contributed by atoms with van der Waals surface area (Å²) in [7, 11) is 0. The van der Waals surface area contributed by atoms with Crippen molar-refractivity contribution in [3.63, 3.8) is 0 Å². The summed E-state index contributed by atoms with van der Waals surface area (Å²) >= 11 is 0. The zero-order chi connectivity index (χ0) is 17.6. The molecule has 0 spiro atoms. The molecule has 1 fully saturated rings. The molecule has 136 valence electrons. The van der Waals surface area contributed by atoms with Crippen molar-refractivity contribution >= 4 is 0 Å². The summed E-state index contributed by atoms with van der Waals surface area (Å²) in [6.07, 6.45) is 4.02. The molecule has 0 unspecified atom stereocenters. The molecule has 0 radical (unpaired) electrons. The Labute approximate surface area is 149 Å². The second-order valence-corrected chi connectivity index (χ2v) is 6.80. The van der Waals surface area contributed by atoms with Crippen molar-refractivity contribution in [1.82, 2.24) is 15.4 Å². The van der Waals surface area contributed by atoms with Crippen LogP contribution in [-0.2, 0) is 25.9 Å². The fourth-order valence-electron chi connectivity index (χ4n) is 3.57. The number of aryl methyl sites for hydroxylation is 2. The van der Waals surface area contributed by atoms with Gasteiger partial charge in [0.25, 0.3) is 0 Å². The number of likely N-dealkylation sites (tertiary alicyclic amines) is 1. The van der Waals surface area contributed by atoms with E-state index >= 15 is 0 Å². The highest BCUT2D eigenvalue weighted by Gasteiger charge is 2.20. The minimum absolute atomic E-state index is 0.152. The van der Waals surface area contributed by atoms with E-state index in [-0.39, 0.29) is 5.82 Å². The van der Waals surface area contributed by atoms with Crippen LogP contribution in [-0.4, -0.2) is 29.2 Å². The second-order valence-electron chi connectivity index (χ2n) is 6.80. The zero-order valence-corrected chi connectivity index (χ0v) is 15.2. The van der Waals surface area contributed by atoms with Crippen molar-refractivity contribution < 1.29 is 8.91 Å². The summed E-state index contributed by atoms with van der Waals surface area (Å²) in [5.41, 5.74) is 3.37. The highest BCUT2D eigenvalue weighted by molar-refractivity contribution is 5.23. The van der Waals surface area contributed by atoms with Crippen LogP contribution in [0.5, 0.6) is 0 Å². The highest BCUT2D eigenvalue weighted by atomic mass is 19.1. The topological polar surface area (TPSA) is 41.3 Å². The van der Waals surface area contributed by atoms with Gasteiger partial charge in [-0.2, -0.15) is 0 Å². The van der Waals surface area contributed by atoms with Crippen molar-refractivity contribution in [2.24, 2.45) is 0 Å². The maximum atomic E-state index is 13.3. The molecule has 3 rings (SSSR count). The van der Waals surface area contributed by atoms with Gasteiger partial charge in [-0.3, -0.25) is 4.90 Å². The average molecular weight is 345 g/mol. The Kier molecular flexibility index (Phi) is 6.21. The third kappa shape index (κ3) is 4.67. The number of nitrogens with zero attached hydrogens (tertiary/aromatic N) is 2. The molecule has 5 heteroatoms. The van der Waals surface area contributed by atoms with E-state index in [0.29, 0.717) is 6.04 Å². The number of halogens is 1. The van der Waals surface area contributed by atoms with Crippen molar-refractivity contribution in [1.29, 1.82) is 0 Å². The Hall–Kier alpha value is -1.72. The lowest BCUT2D eigenvalue weighted by molar-refractivity contribution is 0.190. The molecule has 0 amide bonds. The molecule has 2 aromatic rings. The lowest BCUT2D eigenvalue weighted by Crippen LogP contribution is -2.42. The van der Waals surface area contributed by atoms with Gasteiger partial charge in [-0.25, -0.2) is 4.39 Å². The Morgan fingerprint density at radius 3 is 2.72 bits per heavy atom. The van der Waals surface area contributed by atoms with Gasteiger partial charge in [0.2, 0.25) is 0 Å². The SMILES string of the molecule is CCc1noc(CC)c1CNC1CCN(Cc2cccc(F)c2)CC1. The predicted molar refractivity (Wildman–Crippen MR) is 96.8 cm³/mol. The summed E-state index contributed by atoms with van der Waals surface area (Å²) in [5.74, 6) is 0.856. The molecule has 2 heterocycles. The van der Waals surface area contributed by atoms with E-state index in [1.54, 1.807) is 12.1 Å². The van der Waals surface area contributed by atoms with Crippen LogP contribution >= 0.6 is 0 Å². The fraction of sp³-hybridized carbons (Fsp3) is 0.550. The minimum Gasteiger partial charge on any atom is -0.361 e. The molecule has 4 nitrogen and oxygen atoms in total. The lowest BCUT2D eigenvalue weighted by atomic mass is 10.0. The zero-order valence-electron chi connectivity index (χ0n) is 15.2. The van der Waals surface area contributed by atoms with E-state index in [1.807, 2.05) is 6.07 Å². The van der Waals surface area contributed by atoms with Crippen LogP contribution in [0.15, 0.2) is 28.8 Å². The Balaban J connectivity index is 1.47. The van der Waals surface area contributed by atoms with E-state index in [9.17, 15) is 4.39 Å². The Bertz CT molecular complexity index is 656. The second kappa shape index (κ2) is 8.59. The van der Waals surface area contributed by atoms with E-state index < -0.39 is 0 Å². The summed E-state index contributed by atoms with van der Waals surface area (Å²) in [6.45, 7) is 7.97. The number of benzene rings is 1. The summed E-state index contributed by atoms with van der Waals surface area (Å²) in [5, 5.41) is 7.86. The first-order valence-corrected chi connectivity index (χ1v) is 9.36. The van der Waals surface area contributed by atoms with Gasteiger partial charge in [-0.15, -0.1) is 0 Å². The predicted octanol–water partition coefficient (Wildman–Crippen LogP) is 3.69. The van der Waals surface area contributed by atoms with Crippen LogP contribution in [0, 0.1) is 5.82 Å². The molecule has 0 bridgehead atoms. The average Bonchev–Trinajstić information content (AvgIpc) is 3.03. The van der Waals surface area contributed by atoms with Gasteiger partial charge in [-0.05, 0) is 50.0 Å². The molecule has 1 aliphatic rings. The maximum absolute atomic E-state index is 13.3. The first-order chi connectivity index (χ1) is 12.2. The van der Waals surface area contributed by atoms with Gasteiger partial charge >= 0.3 is 0 Å². The number of aromatic nitrogens is 1. The van der Waals surface area contributed by atoms with Crippen LogP contribution in [0.2, 0.25) is 0 Å². The van der Waals surface area contributed by atoms with E-state index in [4.69, 9.17) is 4.52 Å². The van der Waals surface area contributed by atoms with Crippen LogP contribution < -0.4 is 5.32 Å². The fourth-order valence-corrected chi connectivity index (χ4v) is 3.57. The normalized spacial score (nSPS) is 16.4. The summed E-state index contributed by atoms with van der Waals surface area (Å²) in [6, 6.07) is 7.44. The smallest absolute Gasteiger partial charge is 0.141 e. The number of piperidine rings is 1. The van der Waals surface area contributed by atoms with Gasteiger partial charge in [0.1, 0.15) is 11.6 Å². The molecule has 1 aromatic carbocycles. The van der Waals surface area contributed by atoms with Gasteiger partial charge in [0.15, 0.2) is 0 Å². The van der Waals surface area contributed by atoms with Crippen LogP contribution in [0.4, 0.5) is 4.39 Å². The minimum atomic E-state index is -0.152. The first kappa shape index (κ1) is 18.1. The first-order valence-electron chi connectivity index (χ1n) is 9.36. The van der Waals surface area contributed by atoms with Crippen LogP contribution in [0.1, 0.15) is 49.3 Å². The van der Waals surface area contributed by atoms with E-state index in [0.717, 1.165) is 68.9 Å². The van der Waals surface area contributed by atoms with Gasteiger partial charge in [0.05, 0.1) is 5.69 Å². The van der Waals surface area contributed by atoms with Gasteiger partial charge in [0, 0.05) is 31.1 Å². The van der Waals surface area contributed by atoms with Crippen LogP contribution in [0.3, 0.4) is 0 Å². The van der Waals surface area contributed by atoms with Crippen molar-refractivity contribution in [2.45, 2.75) is 58.7 Å². The number of hydrogen-bond acceptors (Lipinski definition) is 4. The maximum Gasteiger partial charge on any atom is 0.141 e. The van der Waals surface area contributed by atoms with E-state index in [2.05, 4.69) is 29.2 Å². The molecule has 0 saturated carbocycles. The molecule has 1 aliphatic heterocycles. The number of nitrogens with one attached hydrogen (secondary N) is 1. The molecule has 0 aliphatic carbocycles. The standard InChI is InChI=1S/C20H28FN3O/c1-3-19-18(20(4-2)25-23-19)13-22-17-8-10-24(11-9-17)14-15-6-5-7-16(21)12-15/h5-7,12,17,22H,3-4,8-11,13-14H2,1-2H3. The third-order valence-electron chi connectivity index (χ3n) is 5.06. The molecular weight excluding hydrogens is 317 g/mol. The monoisotopic (exact) mass is 345 g/mol. The number of rotatable bonds is 7. The molecule has 1 N–H and O–H groups in total. The summed E-state index contributed by atoms with van der Waals surface area (Å²) < 4.78 is 18.7. The summed E-state index contributed by atoms with van der Waals surface area (Å²) in [4.78, 5) is 2.40. The number of hydrogen-bond donors (Lipinski definition) is 1. The largest absolute Gasteiger partial charge is 0.361 e. The Morgan fingerprint density at radius 2 is 2.04 bits per heavy atom. The lowest BCUT2D eigenvalue weighted by Gasteiger charge is -2.32. The van der Waals surface area contributed by atoms with Gasteiger partial charge in [-0.1, -0.05) is 31.1 Å². The molecule has 1 saturated heterocycles. The highest BCUT2D eigenvalue weighted by Crippen LogP contribution is 2.18. The van der Waals surface area contributed by atoms with Gasteiger partial charge < -0.3 is 9.84 Å². The van der Waals surface area contributed by atoms with Crippen molar-refractivity contribution in [3.05, 3.63) is 52.7 Å². The molecule has 0 atom stereocenters. The Morgan fingerprint density at radius 1 is 1.24 bits per heavy atom. The molecule has 25 heavy (non-hydrogen) atoms. The molecular formula is C20H28FN3O. The molecule has 1 aromatic heterocycles. The van der Waals surface area contributed by atoms with Crippen LogP contribution in [0.25, 0.3) is 0 Å².